The Morgan fingerprint density at radius 2 is 1.72 bits per heavy atom. The molecular weight excluding hydrogens is 460 g/mol. The van der Waals surface area contributed by atoms with Crippen molar-refractivity contribution in [2.75, 3.05) is 12.0 Å². The van der Waals surface area contributed by atoms with Gasteiger partial charge in [0.2, 0.25) is 0 Å². The number of rotatable bonds is 4. The minimum atomic E-state index is -1.09. The van der Waals surface area contributed by atoms with E-state index in [4.69, 9.17) is 32.4 Å². The van der Waals surface area contributed by atoms with Gasteiger partial charge in [-0.2, -0.15) is 0 Å². The second-order valence-corrected chi connectivity index (χ2v) is 7.88. The molecule has 0 bridgehead atoms. The van der Waals surface area contributed by atoms with E-state index in [1.807, 2.05) is 0 Å². The van der Waals surface area contributed by atoms with Crippen LogP contribution >= 0.6 is 23.2 Å². The maximum Gasteiger partial charge on any atom is 0.300 e. The molecule has 2 heterocycles. The van der Waals surface area contributed by atoms with Crippen LogP contribution in [-0.2, 0) is 9.59 Å². The van der Waals surface area contributed by atoms with Gasteiger partial charge < -0.3 is 14.3 Å². The van der Waals surface area contributed by atoms with Crippen LogP contribution in [0, 0.1) is 12.7 Å². The molecule has 1 saturated heterocycles. The lowest BCUT2D eigenvalue weighted by atomic mass is 9.99. The van der Waals surface area contributed by atoms with Crippen LogP contribution in [0.15, 0.2) is 58.5 Å². The van der Waals surface area contributed by atoms with E-state index in [0.717, 1.165) is 4.90 Å². The Morgan fingerprint density at radius 3 is 2.25 bits per heavy atom. The van der Waals surface area contributed by atoms with E-state index >= 15 is 0 Å². The van der Waals surface area contributed by atoms with E-state index in [2.05, 4.69) is 0 Å². The van der Waals surface area contributed by atoms with Crippen LogP contribution in [0.4, 0.5) is 10.1 Å². The molecule has 1 unspecified atom stereocenters. The number of hydrogen-bond acceptors (Lipinski definition) is 5. The van der Waals surface area contributed by atoms with Gasteiger partial charge in [0.05, 0.1) is 22.7 Å². The molecule has 1 amide bonds. The lowest BCUT2D eigenvalue weighted by molar-refractivity contribution is -0.132. The molecule has 1 atom stereocenters. The number of anilines is 1. The number of carbonyl (C=O) groups is 2. The van der Waals surface area contributed by atoms with E-state index in [0.29, 0.717) is 5.76 Å². The second-order valence-electron chi connectivity index (χ2n) is 7.07. The molecular formula is C23H16Cl2FNO5. The Labute approximate surface area is 192 Å². The van der Waals surface area contributed by atoms with Crippen LogP contribution < -0.4 is 9.64 Å². The number of ketones is 1. The largest absolute Gasteiger partial charge is 0.507 e. The van der Waals surface area contributed by atoms with Crippen molar-refractivity contribution in [2.24, 2.45) is 0 Å². The van der Waals surface area contributed by atoms with Crippen LogP contribution in [0.2, 0.25) is 10.0 Å². The first-order chi connectivity index (χ1) is 15.2. The number of amides is 1. The van der Waals surface area contributed by atoms with Crippen molar-refractivity contribution in [1.29, 1.82) is 0 Å². The molecule has 1 fully saturated rings. The summed E-state index contributed by atoms with van der Waals surface area (Å²) in [5.41, 5.74) is 0.162. The zero-order chi connectivity index (χ0) is 23.2. The quantitative estimate of drug-likeness (QED) is 0.298. The fraction of sp³-hybridized carbons (Fsp3) is 0.130. The Hall–Kier alpha value is -3.29. The number of aryl methyl sites for hydroxylation is 1. The first kappa shape index (κ1) is 21.9. The van der Waals surface area contributed by atoms with Crippen molar-refractivity contribution < 1.29 is 28.2 Å². The van der Waals surface area contributed by atoms with E-state index in [-0.39, 0.29) is 38.4 Å². The average Bonchev–Trinajstić information content (AvgIpc) is 3.29. The Balaban J connectivity index is 1.94. The van der Waals surface area contributed by atoms with Gasteiger partial charge in [-0.3, -0.25) is 14.5 Å². The number of aliphatic hydroxyl groups excluding tert-OH is 1. The molecule has 164 valence electrons. The Kier molecular flexibility index (Phi) is 5.71. The summed E-state index contributed by atoms with van der Waals surface area (Å²) in [7, 11) is 1.39. The normalized spacial score (nSPS) is 17.8. The lowest BCUT2D eigenvalue weighted by Gasteiger charge is -2.23. The van der Waals surface area contributed by atoms with Crippen LogP contribution in [0.3, 0.4) is 0 Å². The molecule has 1 aliphatic heterocycles. The fourth-order valence-electron chi connectivity index (χ4n) is 3.62. The van der Waals surface area contributed by atoms with Gasteiger partial charge in [-0.15, -0.1) is 0 Å². The summed E-state index contributed by atoms with van der Waals surface area (Å²) in [5.74, 6) is -1.83. The third kappa shape index (κ3) is 3.63. The molecule has 32 heavy (non-hydrogen) atoms. The average molecular weight is 476 g/mol. The van der Waals surface area contributed by atoms with Gasteiger partial charge in [0.1, 0.15) is 29.1 Å². The van der Waals surface area contributed by atoms with Gasteiger partial charge in [0, 0.05) is 11.3 Å². The van der Waals surface area contributed by atoms with Gasteiger partial charge in [-0.05, 0) is 55.5 Å². The van der Waals surface area contributed by atoms with E-state index in [9.17, 15) is 19.1 Å². The van der Waals surface area contributed by atoms with Crippen molar-refractivity contribution >= 4 is 46.3 Å². The maximum absolute atomic E-state index is 13.5. The summed E-state index contributed by atoms with van der Waals surface area (Å²) < 4.78 is 24.3. The number of hydrogen-bond donors (Lipinski definition) is 1. The second kappa shape index (κ2) is 8.33. The van der Waals surface area contributed by atoms with Gasteiger partial charge in [0.25, 0.3) is 11.7 Å². The van der Waals surface area contributed by atoms with Gasteiger partial charge in [-0.1, -0.05) is 23.2 Å². The van der Waals surface area contributed by atoms with Crippen LogP contribution in [0.1, 0.15) is 23.1 Å². The number of carbonyl (C=O) groups excluding carboxylic acids is 2. The highest BCUT2D eigenvalue weighted by atomic mass is 35.5. The summed E-state index contributed by atoms with van der Waals surface area (Å²) >= 11 is 12.4. The standard InChI is InChI=1S/C23H16Cl2FNO5/c1-11-3-8-17(32-11)19-18(20(28)12-9-15(24)22(31-2)16(25)10-12)21(29)23(30)27(19)14-6-4-13(26)5-7-14/h3-10,19,28H,1-2H3/b20-18-. The summed E-state index contributed by atoms with van der Waals surface area (Å²) in [6, 6.07) is 9.99. The van der Waals surface area contributed by atoms with Gasteiger partial charge in [-0.25, -0.2) is 4.39 Å². The molecule has 9 heteroatoms. The monoisotopic (exact) mass is 475 g/mol. The first-order valence-electron chi connectivity index (χ1n) is 9.39. The zero-order valence-electron chi connectivity index (χ0n) is 16.9. The summed E-state index contributed by atoms with van der Waals surface area (Å²) in [6.45, 7) is 1.70. The minimum Gasteiger partial charge on any atom is -0.507 e. The number of nitrogens with zero attached hydrogens (tertiary/aromatic N) is 1. The number of Topliss-reactive ketones (excluding diaryl/α,β-unsaturated/α-hetero) is 1. The first-order valence-corrected chi connectivity index (χ1v) is 10.1. The Bertz CT molecular complexity index is 1240. The molecule has 0 saturated carbocycles. The molecule has 2 aromatic carbocycles. The number of benzene rings is 2. The summed E-state index contributed by atoms with van der Waals surface area (Å²) in [5, 5.41) is 11.3. The molecule has 1 aliphatic rings. The van der Waals surface area contributed by atoms with Crippen LogP contribution in [0.5, 0.6) is 5.75 Å². The van der Waals surface area contributed by atoms with Crippen molar-refractivity contribution in [3.8, 4) is 5.75 Å². The van der Waals surface area contributed by atoms with Crippen LogP contribution in [0.25, 0.3) is 5.76 Å². The third-order valence-corrected chi connectivity index (χ3v) is 5.62. The molecule has 0 spiro atoms. The maximum atomic E-state index is 13.5. The molecule has 0 aliphatic carbocycles. The highest BCUT2D eigenvalue weighted by Crippen LogP contribution is 2.44. The number of methoxy groups -OCH3 is 1. The van der Waals surface area contributed by atoms with Crippen molar-refractivity contribution in [2.45, 2.75) is 13.0 Å². The highest BCUT2D eigenvalue weighted by molar-refractivity contribution is 6.51. The number of aliphatic hydroxyl groups is 1. The van der Waals surface area contributed by atoms with Crippen molar-refractivity contribution in [3.05, 3.63) is 87.1 Å². The van der Waals surface area contributed by atoms with Gasteiger partial charge in [0.15, 0.2) is 5.75 Å². The van der Waals surface area contributed by atoms with E-state index in [1.54, 1.807) is 19.1 Å². The predicted octanol–water partition coefficient (Wildman–Crippen LogP) is 5.67. The molecule has 0 radical (unpaired) electrons. The third-order valence-electron chi connectivity index (χ3n) is 5.06. The van der Waals surface area contributed by atoms with Gasteiger partial charge >= 0.3 is 0 Å². The fourth-order valence-corrected chi connectivity index (χ4v) is 4.26. The SMILES string of the molecule is COc1c(Cl)cc(/C(O)=C2/C(=O)C(=O)N(c3ccc(F)cc3)C2c2ccc(C)o2)cc1Cl. The predicted molar refractivity (Wildman–Crippen MR) is 118 cm³/mol. The Morgan fingerprint density at radius 1 is 1.09 bits per heavy atom. The number of halogens is 3. The highest BCUT2D eigenvalue weighted by Gasteiger charge is 2.48. The van der Waals surface area contributed by atoms with Crippen molar-refractivity contribution in [3.63, 3.8) is 0 Å². The summed E-state index contributed by atoms with van der Waals surface area (Å²) in [6.07, 6.45) is 0. The molecule has 3 aromatic rings. The number of ether oxygens (including phenoxy) is 1. The van der Waals surface area contributed by atoms with Crippen molar-refractivity contribution in [1.82, 2.24) is 0 Å². The summed E-state index contributed by atoms with van der Waals surface area (Å²) in [4.78, 5) is 27.2. The zero-order valence-corrected chi connectivity index (χ0v) is 18.4. The topological polar surface area (TPSA) is 80.0 Å². The number of furan rings is 1. The molecule has 1 aromatic heterocycles. The lowest BCUT2D eigenvalue weighted by Crippen LogP contribution is -2.29. The van der Waals surface area contributed by atoms with Crippen LogP contribution in [-0.4, -0.2) is 23.9 Å². The molecule has 6 nitrogen and oxygen atoms in total. The van der Waals surface area contributed by atoms with E-state index < -0.39 is 29.3 Å². The smallest absolute Gasteiger partial charge is 0.300 e. The van der Waals surface area contributed by atoms with E-state index in [1.165, 1.54) is 43.5 Å². The molecule has 4 rings (SSSR count). The molecule has 1 N–H and O–H groups in total. The minimum absolute atomic E-state index is 0.111.